The molecule has 1 atom stereocenters. The smallest absolute Gasteiger partial charge is 0.317 e. The van der Waals surface area contributed by atoms with Gasteiger partial charge in [0.2, 0.25) is 5.13 Å². The van der Waals surface area contributed by atoms with Crippen molar-refractivity contribution in [3.05, 3.63) is 5.01 Å². The van der Waals surface area contributed by atoms with Gasteiger partial charge in [0.25, 0.3) is 5.91 Å². The van der Waals surface area contributed by atoms with Gasteiger partial charge in [-0.1, -0.05) is 11.3 Å². The first-order valence-electron chi connectivity index (χ1n) is 6.90. The molecular weight excluding hydrogens is 308 g/mol. The van der Waals surface area contributed by atoms with Crippen molar-refractivity contribution in [1.82, 2.24) is 25.3 Å². The molecule has 1 saturated heterocycles. The van der Waals surface area contributed by atoms with Crippen LogP contribution in [0.5, 0.6) is 0 Å². The Morgan fingerprint density at radius 3 is 2.91 bits per heavy atom. The van der Waals surface area contributed by atoms with E-state index in [0.717, 1.165) is 5.01 Å². The summed E-state index contributed by atoms with van der Waals surface area (Å²) >= 11 is 1.30. The van der Waals surface area contributed by atoms with Gasteiger partial charge in [0, 0.05) is 33.6 Å². The van der Waals surface area contributed by atoms with E-state index in [4.69, 9.17) is 10.5 Å². The van der Waals surface area contributed by atoms with Crippen molar-refractivity contribution in [2.45, 2.75) is 12.5 Å². The van der Waals surface area contributed by atoms with Gasteiger partial charge in [0.15, 0.2) is 6.10 Å². The van der Waals surface area contributed by atoms with E-state index in [2.05, 4.69) is 15.5 Å². The molecule has 9 nitrogen and oxygen atoms in total. The quantitative estimate of drug-likeness (QED) is 0.745. The highest BCUT2D eigenvalue weighted by molar-refractivity contribution is 7.15. The number of nitrogens with one attached hydrogen (secondary N) is 1. The first kappa shape index (κ1) is 16.4. The molecule has 0 saturated carbocycles. The summed E-state index contributed by atoms with van der Waals surface area (Å²) in [5, 5.41) is 11.6. The summed E-state index contributed by atoms with van der Waals surface area (Å²) in [5.74, 6) is -0.137. The van der Waals surface area contributed by atoms with Crippen LogP contribution in [0.2, 0.25) is 0 Å². The van der Waals surface area contributed by atoms with Crippen LogP contribution >= 0.6 is 11.3 Å². The van der Waals surface area contributed by atoms with Crippen LogP contribution in [0.15, 0.2) is 0 Å². The number of likely N-dealkylation sites (N-methyl/N-ethyl adjacent to an activating group) is 1. The third kappa shape index (κ3) is 4.28. The molecular formula is C12H20N6O3S. The maximum atomic E-state index is 12.1. The summed E-state index contributed by atoms with van der Waals surface area (Å²) < 4.78 is 5.41. The molecule has 0 bridgehead atoms. The first-order valence-corrected chi connectivity index (χ1v) is 7.72. The normalized spacial score (nSPS) is 18.1. The summed E-state index contributed by atoms with van der Waals surface area (Å²) in [6, 6.07) is -0.211. The first-order chi connectivity index (χ1) is 10.5. The number of nitrogen functional groups attached to an aromatic ring is 1. The number of hydrogen-bond donors (Lipinski definition) is 2. The fourth-order valence-corrected chi connectivity index (χ4v) is 2.64. The van der Waals surface area contributed by atoms with Crippen molar-refractivity contribution in [3.8, 4) is 0 Å². The average Bonchev–Trinajstić information content (AvgIpc) is 2.92. The number of carbonyl (C=O) groups excluding carboxylic acids is 2. The highest BCUT2D eigenvalue weighted by Crippen LogP contribution is 2.11. The number of nitrogens with zero attached hydrogens (tertiary/aromatic N) is 4. The fraction of sp³-hybridized carbons (Fsp3) is 0.667. The van der Waals surface area contributed by atoms with Crippen molar-refractivity contribution in [2.24, 2.45) is 0 Å². The molecule has 0 radical (unpaired) electrons. The standard InChI is InChI=1S/C12H20N6O3S/c1-17(2)10(19)8-7-18(5-6-21-8)12(20)14-4-3-9-15-16-11(13)22-9/h8H,3-7H2,1-2H3,(H2,13,16)(H,14,20)/t8-/m0/s1. The Kier molecular flexibility index (Phi) is 5.50. The van der Waals surface area contributed by atoms with Crippen LogP contribution in [-0.4, -0.2) is 78.4 Å². The Morgan fingerprint density at radius 2 is 2.27 bits per heavy atom. The number of morpholine rings is 1. The highest BCUT2D eigenvalue weighted by atomic mass is 32.1. The molecule has 1 aromatic heterocycles. The molecule has 2 rings (SSSR count). The molecule has 1 aliphatic heterocycles. The van der Waals surface area contributed by atoms with Crippen LogP contribution in [0, 0.1) is 0 Å². The van der Waals surface area contributed by atoms with Gasteiger partial charge in [0.1, 0.15) is 5.01 Å². The van der Waals surface area contributed by atoms with Gasteiger partial charge in [0.05, 0.1) is 13.2 Å². The molecule has 0 spiro atoms. The lowest BCUT2D eigenvalue weighted by Gasteiger charge is -2.33. The maximum Gasteiger partial charge on any atom is 0.317 e. The molecule has 0 aliphatic carbocycles. The largest absolute Gasteiger partial charge is 0.374 e. The minimum Gasteiger partial charge on any atom is -0.374 e. The summed E-state index contributed by atoms with van der Waals surface area (Å²) in [6.07, 6.45) is -0.0252. The molecule has 2 heterocycles. The van der Waals surface area contributed by atoms with Gasteiger partial charge in [-0.05, 0) is 0 Å². The zero-order valence-corrected chi connectivity index (χ0v) is 13.4. The predicted molar refractivity (Wildman–Crippen MR) is 81.4 cm³/mol. The zero-order chi connectivity index (χ0) is 16.1. The number of amides is 3. The summed E-state index contributed by atoms with van der Waals surface area (Å²) in [7, 11) is 3.33. The zero-order valence-electron chi connectivity index (χ0n) is 12.6. The number of nitrogens with two attached hydrogens (primary N) is 1. The van der Waals surface area contributed by atoms with E-state index in [9.17, 15) is 9.59 Å². The van der Waals surface area contributed by atoms with Crippen molar-refractivity contribution < 1.29 is 14.3 Å². The number of rotatable bonds is 4. The van der Waals surface area contributed by atoms with Crippen LogP contribution in [0.3, 0.4) is 0 Å². The van der Waals surface area contributed by atoms with E-state index in [1.54, 1.807) is 19.0 Å². The summed E-state index contributed by atoms with van der Waals surface area (Å²) in [5.41, 5.74) is 5.49. The predicted octanol–water partition coefficient (Wildman–Crippen LogP) is -0.839. The van der Waals surface area contributed by atoms with Gasteiger partial charge in [-0.15, -0.1) is 10.2 Å². The highest BCUT2D eigenvalue weighted by Gasteiger charge is 2.30. The Hall–Kier alpha value is -1.94. The molecule has 22 heavy (non-hydrogen) atoms. The molecule has 3 N–H and O–H groups in total. The number of anilines is 1. The van der Waals surface area contributed by atoms with Crippen molar-refractivity contribution in [2.75, 3.05) is 46.1 Å². The molecule has 122 valence electrons. The van der Waals surface area contributed by atoms with Gasteiger partial charge in [-0.2, -0.15) is 0 Å². The Bertz CT molecular complexity index is 535. The number of carbonyl (C=O) groups is 2. The van der Waals surface area contributed by atoms with Gasteiger partial charge in [-0.3, -0.25) is 4.79 Å². The van der Waals surface area contributed by atoms with Crippen molar-refractivity contribution in [1.29, 1.82) is 0 Å². The van der Waals surface area contributed by atoms with Crippen LogP contribution in [0.4, 0.5) is 9.93 Å². The van der Waals surface area contributed by atoms with E-state index in [0.29, 0.717) is 31.2 Å². The SMILES string of the molecule is CN(C)C(=O)[C@@H]1CN(C(=O)NCCc2nnc(N)s2)CCO1. The number of ether oxygens (including phenoxy) is 1. The van der Waals surface area contributed by atoms with Crippen LogP contribution in [0.1, 0.15) is 5.01 Å². The van der Waals surface area contributed by atoms with Crippen molar-refractivity contribution >= 4 is 28.4 Å². The third-order valence-corrected chi connectivity index (χ3v) is 3.98. The van der Waals surface area contributed by atoms with Crippen LogP contribution in [0.25, 0.3) is 0 Å². The second-order valence-corrected chi connectivity index (χ2v) is 6.15. The van der Waals surface area contributed by atoms with Gasteiger partial charge < -0.3 is 25.6 Å². The van der Waals surface area contributed by atoms with E-state index in [1.807, 2.05) is 0 Å². The summed E-state index contributed by atoms with van der Waals surface area (Å²) in [4.78, 5) is 27.0. The molecule has 1 aromatic rings. The molecule has 10 heteroatoms. The Labute approximate surface area is 132 Å². The van der Waals surface area contributed by atoms with Gasteiger partial charge in [-0.25, -0.2) is 4.79 Å². The lowest BCUT2D eigenvalue weighted by Crippen LogP contribution is -2.53. The van der Waals surface area contributed by atoms with Crippen LogP contribution < -0.4 is 11.1 Å². The average molecular weight is 328 g/mol. The van der Waals surface area contributed by atoms with Gasteiger partial charge >= 0.3 is 6.03 Å². The lowest BCUT2D eigenvalue weighted by atomic mass is 10.2. The van der Waals surface area contributed by atoms with Crippen molar-refractivity contribution in [3.63, 3.8) is 0 Å². The second kappa shape index (κ2) is 7.36. The van der Waals surface area contributed by atoms with E-state index in [1.165, 1.54) is 16.2 Å². The molecule has 0 unspecified atom stereocenters. The maximum absolute atomic E-state index is 12.1. The molecule has 3 amide bonds. The number of aromatic nitrogens is 2. The topological polar surface area (TPSA) is 114 Å². The lowest BCUT2D eigenvalue weighted by molar-refractivity contribution is -0.145. The minimum absolute atomic E-state index is 0.137. The molecule has 0 aromatic carbocycles. The monoisotopic (exact) mass is 328 g/mol. The van der Waals surface area contributed by atoms with E-state index in [-0.39, 0.29) is 18.5 Å². The molecule has 1 fully saturated rings. The Morgan fingerprint density at radius 1 is 1.50 bits per heavy atom. The third-order valence-electron chi connectivity index (χ3n) is 3.17. The summed E-state index contributed by atoms with van der Waals surface area (Å²) in [6.45, 7) is 1.52. The number of urea groups is 1. The Balaban J connectivity index is 1.78. The molecule has 1 aliphatic rings. The fourth-order valence-electron chi connectivity index (χ4n) is 2.03. The minimum atomic E-state index is -0.600. The number of hydrogen-bond acceptors (Lipinski definition) is 7. The second-order valence-electron chi connectivity index (χ2n) is 5.05. The van der Waals surface area contributed by atoms with E-state index < -0.39 is 6.10 Å². The van der Waals surface area contributed by atoms with Crippen LogP contribution in [-0.2, 0) is 16.0 Å². The van der Waals surface area contributed by atoms with E-state index >= 15 is 0 Å².